The molecule has 0 radical (unpaired) electrons. The van der Waals surface area contributed by atoms with Gasteiger partial charge in [0.05, 0.1) is 0 Å². The molecule has 0 heterocycles. The van der Waals surface area contributed by atoms with Gasteiger partial charge >= 0.3 is 6.09 Å². The van der Waals surface area contributed by atoms with E-state index in [0.29, 0.717) is 6.54 Å². The van der Waals surface area contributed by atoms with Crippen LogP contribution in [0.2, 0.25) is 0 Å². The maximum absolute atomic E-state index is 11.8. The first-order valence-corrected chi connectivity index (χ1v) is 6.27. The van der Waals surface area contributed by atoms with Gasteiger partial charge < -0.3 is 10.1 Å². The van der Waals surface area contributed by atoms with Gasteiger partial charge in [-0.3, -0.25) is 9.69 Å². The Morgan fingerprint density at radius 2 is 1.95 bits per heavy atom. The van der Waals surface area contributed by atoms with Gasteiger partial charge in [-0.15, -0.1) is 0 Å². The molecule has 5 heteroatoms. The summed E-state index contributed by atoms with van der Waals surface area (Å²) in [4.78, 5) is 24.7. The van der Waals surface area contributed by atoms with Crippen molar-refractivity contribution in [3.63, 3.8) is 0 Å². The molecule has 0 aliphatic heterocycles. The van der Waals surface area contributed by atoms with E-state index in [0.717, 1.165) is 5.56 Å². The molecule has 1 atom stereocenters. The fourth-order valence-electron chi connectivity index (χ4n) is 1.48. The van der Waals surface area contributed by atoms with Crippen molar-refractivity contribution >= 4 is 12.0 Å². The highest BCUT2D eigenvalue weighted by Crippen LogP contribution is 2.04. The lowest BCUT2D eigenvalue weighted by atomic mass is 10.2. The summed E-state index contributed by atoms with van der Waals surface area (Å²) in [6.45, 7) is 4.23. The molecular formula is C14H20N2O3. The van der Waals surface area contributed by atoms with E-state index in [1.54, 1.807) is 14.0 Å². The molecule has 1 rings (SSSR count). The van der Waals surface area contributed by atoms with Crippen molar-refractivity contribution in [3.05, 3.63) is 35.9 Å². The number of likely N-dealkylation sites (N-methyl/N-ethyl adjacent to an activating group) is 2. The Kier molecular flexibility index (Phi) is 5.85. The Labute approximate surface area is 113 Å². The van der Waals surface area contributed by atoms with Crippen LogP contribution in [0.25, 0.3) is 0 Å². The predicted molar refractivity (Wildman–Crippen MR) is 72.5 cm³/mol. The first kappa shape index (κ1) is 15.0. The summed E-state index contributed by atoms with van der Waals surface area (Å²) in [5.41, 5.74) is 0.912. The van der Waals surface area contributed by atoms with Gasteiger partial charge in [0, 0.05) is 13.6 Å². The molecule has 1 aromatic carbocycles. The van der Waals surface area contributed by atoms with E-state index in [9.17, 15) is 9.59 Å². The molecule has 0 aromatic heterocycles. The SMILES string of the molecule is CCNC(=O)[C@@H](C)N(C)C(=O)OCc1ccccc1. The number of nitrogens with zero attached hydrogens (tertiary/aromatic N) is 1. The number of rotatable bonds is 5. The largest absolute Gasteiger partial charge is 0.445 e. The molecule has 0 unspecified atom stereocenters. The van der Waals surface area contributed by atoms with Gasteiger partial charge in [-0.2, -0.15) is 0 Å². The fourth-order valence-corrected chi connectivity index (χ4v) is 1.48. The van der Waals surface area contributed by atoms with Crippen LogP contribution in [0.3, 0.4) is 0 Å². The molecule has 0 saturated carbocycles. The van der Waals surface area contributed by atoms with Gasteiger partial charge in [-0.05, 0) is 19.4 Å². The number of hydrogen-bond donors (Lipinski definition) is 1. The van der Waals surface area contributed by atoms with Gasteiger partial charge in [0.15, 0.2) is 0 Å². The molecule has 19 heavy (non-hydrogen) atoms. The summed E-state index contributed by atoms with van der Waals surface area (Å²) in [6.07, 6.45) is -0.511. The zero-order chi connectivity index (χ0) is 14.3. The third-order valence-corrected chi connectivity index (χ3v) is 2.80. The van der Waals surface area contributed by atoms with Gasteiger partial charge in [0.25, 0.3) is 0 Å². The summed E-state index contributed by atoms with van der Waals surface area (Å²) in [5, 5.41) is 2.67. The number of carbonyl (C=O) groups excluding carboxylic acids is 2. The minimum Gasteiger partial charge on any atom is -0.445 e. The lowest BCUT2D eigenvalue weighted by molar-refractivity contribution is -0.124. The summed E-state index contributed by atoms with van der Waals surface area (Å²) >= 11 is 0. The molecular weight excluding hydrogens is 244 g/mol. The molecule has 5 nitrogen and oxygen atoms in total. The third kappa shape index (κ3) is 4.62. The Hall–Kier alpha value is -2.04. The van der Waals surface area contributed by atoms with E-state index in [1.165, 1.54) is 4.90 Å². The van der Waals surface area contributed by atoms with E-state index in [-0.39, 0.29) is 12.5 Å². The average molecular weight is 264 g/mol. The Morgan fingerprint density at radius 1 is 1.32 bits per heavy atom. The minimum atomic E-state index is -0.553. The molecule has 104 valence electrons. The number of hydrogen-bond acceptors (Lipinski definition) is 3. The van der Waals surface area contributed by atoms with Crippen molar-refractivity contribution in [2.24, 2.45) is 0 Å². The molecule has 0 bridgehead atoms. The van der Waals surface area contributed by atoms with Gasteiger partial charge in [-0.1, -0.05) is 30.3 Å². The molecule has 0 spiro atoms. The van der Waals surface area contributed by atoms with Crippen molar-refractivity contribution in [2.75, 3.05) is 13.6 Å². The van der Waals surface area contributed by atoms with Gasteiger partial charge in [0.2, 0.25) is 5.91 Å². The third-order valence-electron chi connectivity index (χ3n) is 2.80. The van der Waals surface area contributed by atoms with Crippen LogP contribution >= 0.6 is 0 Å². The predicted octanol–water partition coefficient (Wildman–Crippen LogP) is 1.78. The summed E-state index contributed by atoms with van der Waals surface area (Å²) in [7, 11) is 1.55. The lowest BCUT2D eigenvalue weighted by Gasteiger charge is -2.23. The molecule has 1 N–H and O–H groups in total. The quantitative estimate of drug-likeness (QED) is 0.882. The normalized spacial score (nSPS) is 11.5. The van der Waals surface area contributed by atoms with Crippen molar-refractivity contribution in [3.8, 4) is 0 Å². The number of amides is 2. The van der Waals surface area contributed by atoms with Crippen LogP contribution in [0, 0.1) is 0 Å². The van der Waals surface area contributed by atoms with Crippen LogP contribution in [0.5, 0.6) is 0 Å². The standard InChI is InChI=1S/C14H20N2O3/c1-4-15-13(17)11(2)16(3)14(18)19-10-12-8-6-5-7-9-12/h5-9,11H,4,10H2,1-3H3,(H,15,17)/t11-/m1/s1. The fraction of sp³-hybridized carbons (Fsp3) is 0.429. The van der Waals surface area contributed by atoms with E-state index in [4.69, 9.17) is 4.74 Å². The molecule has 0 aliphatic rings. The van der Waals surface area contributed by atoms with Crippen LogP contribution in [-0.4, -0.2) is 36.5 Å². The first-order valence-electron chi connectivity index (χ1n) is 6.27. The highest BCUT2D eigenvalue weighted by molar-refractivity contribution is 5.85. The van der Waals surface area contributed by atoms with E-state index in [1.807, 2.05) is 37.3 Å². The molecule has 0 saturated heterocycles. The van der Waals surface area contributed by atoms with Crippen molar-refractivity contribution in [2.45, 2.75) is 26.5 Å². The van der Waals surface area contributed by atoms with Crippen molar-refractivity contribution in [1.82, 2.24) is 10.2 Å². The molecule has 2 amide bonds. The lowest BCUT2D eigenvalue weighted by Crippen LogP contribution is -2.46. The molecule has 0 aliphatic carbocycles. The van der Waals surface area contributed by atoms with Crippen LogP contribution in [0.4, 0.5) is 4.79 Å². The summed E-state index contributed by atoms with van der Waals surface area (Å²) in [6, 6.07) is 8.85. The average Bonchev–Trinajstić information content (AvgIpc) is 2.44. The van der Waals surface area contributed by atoms with Crippen molar-refractivity contribution in [1.29, 1.82) is 0 Å². The molecule has 0 fully saturated rings. The zero-order valence-corrected chi connectivity index (χ0v) is 11.6. The molecule has 1 aromatic rings. The number of benzene rings is 1. The van der Waals surface area contributed by atoms with E-state index in [2.05, 4.69) is 5.32 Å². The second-order valence-corrected chi connectivity index (χ2v) is 4.22. The van der Waals surface area contributed by atoms with E-state index < -0.39 is 12.1 Å². The topological polar surface area (TPSA) is 58.6 Å². The van der Waals surface area contributed by atoms with E-state index >= 15 is 0 Å². The monoisotopic (exact) mass is 264 g/mol. The second kappa shape index (κ2) is 7.41. The van der Waals surface area contributed by atoms with Crippen LogP contribution in [0.15, 0.2) is 30.3 Å². The number of nitrogens with one attached hydrogen (secondary N) is 1. The Balaban J connectivity index is 2.46. The smallest absolute Gasteiger partial charge is 0.410 e. The van der Waals surface area contributed by atoms with Crippen LogP contribution in [-0.2, 0) is 16.1 Å². The Bertz CT molecular complexity index is 420. The minimum absolute atomic E-state index is 0.193. The van der Waals surface area contributed by atoms with Crippen LogP contribution in [0.1, 0.15) is 19.4 Å². The first-order chi connectivity index (χ1) is 9.06. The number of ether oxygens (including phenoxy) is 1. The highest BCUT2D eigenvalue weighted by atomic mass is 16.6. The van der Waals surface area contributed by atoms with Gasteiger partial charge in [0.1, 0.15) is 12.6 Å². The summed E-state index contributed by atoms with van der Waals surface area (Å²) < 4.78 is 5.15. The second-order valence-electron chi connectivity index (χ2n) is 4.22. The van der Waals surface area contributed by atoms with Gasteiger partial charge in [-0.25, -0.2) is 4.79 Å². The maximum atomic E-state index is 11.8. The maximum Gasteiger partial charge on any atom is 0.410 e. The van der Waals surface area contributed by atoms with Crippen molar-refractivity contribution < 1.29 is 14.3 Å². The zero-order valence-electron chi connectivity index (χ0n) is 11.6. The van der Waals surface area contributed by atoms with Crippen LogP contribution < -0.4 is 5.32 Å². The number of carbonyl (C=O) groups is 2. The Morgan fingerprint density at radius 3 is 2.53 bits per heavy atom. The summed E-state index contributed by atoms with van der Waals surface area (Å²) in [5.74, 6) is -0.193. The highest BCUT2D eigenvalue weighted by Gasteiger charge is 2.22.